The van der Waals surface area contributed by atoms with Crippen molar-refractivity contribution in [1.82, 2.24) is 0 Å². The van der Waals surface area contributed by atoms with Crippen LogP contribution in [0.5, 0.6) is 0 Å². The Labute approximate surface area is 194 Å². The van der Waals surface area contributed by atoms with Crippen LogP contribution in [-0.4, -0.2) is 0 Å². The summed E-state index contributed by atoms with van der Waals surface area (Å²) in [5, 5.41) is 0. The molecule has 0 amide bonds. The van der Waals surface area contributed by atoms with E-state index in [0.29, 0.717) is 0 Å². The first-order valence-corrected chi connectivity index (χ1v) is 11.7. The van der Waals surface area contributed by atoms with Crippen molar-refractivity contribution in [2.24, 2.45) is 5.92 Å². The average Bonchev–Trinajstić information content (AvgIpc) is 3.00. The molecule has 164 valence electrons. The number of hydrogen-bond acceptors (Lipinski definition) is 0. The van der Waals surface area contributed by atoms with Crippen molar-refractivity contribution in [1.29, 1.82) is 0 Å². The van der Waals surface area contributed by atoms with Gasteiger partial charge in [0, 0.05) is 5.92 Å². The van der Waals surface area contributed by atoms with Crippen LogP contribution in [0, 0.1) is 47.5 Å². The monoisotopic (exact) mass is 420 g/mol. The molecule has 1 aliphatic rings. The summed E-state index contributed by atoms with van der Waals surface area (Å²) in [5.41, 5.74) is 14.6. The Kier molecular flexibility index (Phi) is 5.76. The van der Waals surface area contributed by atoms with Gasteiger partial charge in [-0.15, -0.1) is 0 Å². The summed E-state index contributed by atoms with van der Waals surface area (Å²) in [4.78, 5) is 0. The number of benzene rings is 3. The Morgan fingerprint density at radius 2 is 0.781 bits per heavy atom. The lowest BCUT2D eigenvalue weighted by Crippen LogP contribution is -2.38. The third-order valence-corrected chi connectivity index (χ3v) is 7.12. The second-order valence-electron chi connectivity index (χ2n) is 10.1. The van der Waals surface area contributed by atoms with E-state index in [1.54, 1.807) is 0 Å². The number of rotatable bonds is 4. The predicted molar refractivity (Wildman–Crippen MR) is 139 cm³/mol. The van der Waals surface area contributed by atoms with E-state index in [2.05, 4.69) is 122 Å². The Hall–Kier alpha value is -2.86. The van der Waals surface area contributed by atoms with Gasteiger partial charge >= 0.3 is 0 Å². The van der Waals surface area contributed by atoms with Crippen LogP contribution in [0.2, 0.25) is 0 Å². The van der Waals surface area contributed by atoms with Crippen molar-refractivity contribution in [3.63, 3.8) is 0 Å². The summed E-state index contributed by atoms with van der Waals surface area (Å²) in [6.07, 6.45) is 4.76. The molecule has 1 atom stereocenters. The highest BCUT2D eigenvalue weighted by Gasteiger charge is 2.45. The normalized spacial score (nSPS) is 16.2. The van der Waals surface area contributed by atoms with Crippen LogP contribution in [0.1, 0.15) is 63.9 Å². The van der Waals surface area contributed by atoms with Crippen LogP contribution in [0.25, 0.3) is 0 Å². The van der Waals surface area contributed by atoms with Gasteiger partial charge in [-0.05, 0) is 72.1 Å². The Bertz CT molecular complexity index is 1060. The van der Waals surface area contributed by atoms with Crippen LogP contribution in [-0.2, 0) is 5.41 Å². The standard InChI is InChI=1S/C32H36/c1-20-11-21(2)15-28(14-20)32(31-10-9-26(7)27(31)8,29-16-22(3)12-23(4)17-29)30-18-24(5)13-25(6)19-30/h9-19,31H,1-8H3. The fourth-order valence-electron chi connectivity index (χ4n) is 5.88. The molecule has 0 N–H and O–H groups in total. The van der Waals surface area contributed by atoms with Crippen molar-refractivity contribution in [2.45, 2.75) is 60.8 Å². The molecule has 4 rings (SSSR count). The molecule has 0 nitrogen and oxygen atoms in total. The zero-order valence-electron chi connectivity index (χ0n) is 20.9. The molecule has 0 aromatic heterocycles. The third-order valence-electron chi connectivity index (χ3n) is 7.12. The largest absolute Gasteiger partial charge is 0.0755 e. The lowest BCUT2D eigenvalue weighted by atomic mass is 9.59. The van der Waals surface area contributed by atoms with Gasteiger partial charge in [0.2, 0.25) is 0 Å². The van der Waals surface area contributed by atoms with Crippen LogP contribution in [0.3, 0.4) is 0 Å². The van der Waals surface area contributed by atoms with Crippen molar-refractivity contribution < 1.29 is 0 Å². The minimum Gasteiger partial charge on any atom is -0.0755 e. The molecule has 0 aliphatic heterocycles. The molecule has 0 saturated heterocycles. The van der Waals surface area contributed by atoms with Gasteiger partial charge in [-0.25, -0.2) is 0 Å². The molecule has 1 aliphatic carbocycles. The van der Waals surface area contributed by atoms with E-state index in [1.807, 2.05) is 0 Å². The molecule has 0 radical (unpaired) electrons. The molecule has 0 heteroatoms. The number of aryl methyl sites for hydroxylation is 6. The van der Waals surface area contributed by atoms with Gasteiger partial charge in [-0.2, -0.15) is 0 Å². The number of allylic oxidation sites excluding steroid dienone is 4. The molecule has 1 unspecified atom stereocenters. The Morgan fingerprint density at radius 3 is 1.03 bits per heavy atom. The van der Waals surface area contributed by atoms with Crippen molar-refractivity contribution in [3.05, 3.63) is 128 Å². The first kappa shape index (κ1) is 22.3. The predicted octanol–water partition coefficient (Wildman–Crippen LogP) is 8.39. The summed E-state index contributed by atoms with van der Waals surface area (Å²) in [6.45, 7) is 17.9. The van der Waals surface area contributed by atoms with E-state index in [1.165, 1.54) is 61.2 Å². The highest BCUT2D eigenvalue weighted by atomic mass is 14.5. The van der Waals surface area contributed by atoms with E-state index >= 15 is 0 Å². The van der Waals surface area contributed by atoms with E-state index in [4.69, 9.17) is 0 Å². The highest BCUT2D eigenvalue weighted by Crippen LogP contribution is 2.52. The van der Waals surface area contributed by atoms with Crippen LogP contribution >= 0.6 is 0 Å². The summed E-state index contributed by atoms with van der Waals surface area (Å²) in [7, 11) is 0. The zero-order chi connectivity index (χ0) is 23.2. The van der Waals surface area contributed by atoms with E-state index < -0.39 is 0 Å². The van der Waals surface area contributed by atoms with Gasteiger partial charge in [-0.1, -0.05) is 111 Å². The molecule has 0 bridgehead atoms. The van der Waals surface area contributed by atoms with Crippen molar-refractivity contribution >= 4 is 0 Å². The molecule has 3 aromatic rings. The van der Waals surface area contributed by atoms with Crippen molar-refractivity contribution in [2.75, 3.05) is 0 Å². The smallest absolute Gasteiger partial charge is 0.0551 e. The fourth-order valence-corrected chi connectivity index (χ4v) is 5.88. The maximum absolute atomic E-state index is 2.44. The first-order valence-electron chi connectivity index (χ1n) is 11.7. The second-order valence-corrected chi connectivity index (χ2v) is 10.1. The van der Waals surface area contributed by atoms with Crippen LogP contribution in [0.15, 0.2) is 77.9 Å². The van der Waals surface area contributed by atoms with Crippen molar-refractivity contribution in [3.8, 4) is 0 Å². The summed E-state index contributed by atoms with van der Waals surface area (Å²) in [5.74, 6) is 0.270. The lowest BCUT2D eigenvalue weighted by molar-refractivity contribution is 0.504. The molecule has 0 spiro atoms. The summed E-state index contributed by atoms with van der Waals surface area (Å²) in [6, 6.07) is 21.3. The first-order chi connectivity index (χ1) is 15.1. The summed E-state index contributed by atoms with van der Waals surface area (Å²) < 4.78 is 0. The maximum atomic E-state index is 2.44. The molecular weight excluding hydrogens is 384 g/mol. The lowest BCUT2D eigenvalue weighted by Gasteiger charge is -2.42. The van der Waals surface area contributed by atoms with Crippen LogP contribution in [0.4, 0.5) is 0 Å². The maximum Gasteiger partial charge on any atom is 0.0551 e. The van der Waals surface area contributed by atoms with Gasteiger partial charge < -0.3 is 0 Å². The molecule has 0 saturated carbocycles. The van der Waals surface area contributed by atoms with Crippen LogP contribution < -0.4 is 0 Å². The Balaban J connectivity index is 2.22. The van der Waals surface area contributed by atoms with Gasteiger partial charge in [0.05, 0.1) is 5.41 Å². The molecule has 0 heterocycles. The van der Waals surface area contributed by atoms with E-state index in [9.17, 15) is 0 Å². The van der Waals surface area contributed by atoms with Gasteiger partial charge in [-0.3, -0.25) is 0 Å². The third kappa shape index (κ3) is 3.77. The Morgan fingerprint density at radius 1 is 0.469 bits per heavy atom. The van der Waals surface area contributed by atoms with Gasteiger partial charge in [0.15, 0.2) is 0 Å². The summed E-state index contributed by atoms with van der Waals surface area (Å²) >= 11 is 0. The fraction of sp³-hybridized carbons (Fsp3) is 0.312. The average molecular weight is 421 g/mol. The second kappa shape index (κ2) is 8.24. The minimum absolute atomic E-state index is 0.270. The van der Waals surface area contributed by atoms with Gasteiger partial charge in [0.25, 0.3) is 0 Å². The minimum atomic E-state index is -0.289. The zero-order valence-corrected chi connectivity index (χ0v) is 20.9. The molecule has 3 aromatic carbocycles. The SMILES string of the molecule is CC1=C(C)C(C(c2cc(C)cc(C)c2)(c2cc(C)cc(C)c2)c2cc(C)cc(C)c2)C=C1. The van der Waals surface area contributed by atoms with E-state index in [-0.39, 0.29) is 11.3 Å². The quantitative estimate of drug-likeness (QED) is 0.372. The molecule has 0 fully saturated rings. The number of hydrogen-bond donors (Lipinski definition) is 0. The highest BCUT2D eigenvalue weighted by molar-refractivity contribution is 5.60. The molecule has 32 heavy (non-hydrogen) atoms. The van der Waals surface area contributed by atoms with Gasteiger partial charge in [0.1, 0.15) is 0 Å². The topological polar surface area (TPSA) is 0 Å². The van der Waals surface area contributed by atoms with E-state index in [0.717, 1.165) is 0 Å². The molecular formula is C32H36.